The quantitative estimate of drug-likeness (QED) is 0.206. The van der Waals surface area contributed by atoms with Gasteiger partial charge in [-0.2, -0.15) is 4.72 Å². The molecule has 0 radical (unpaired) electrons. The van der Waals surface area contributed by atoms with Crippen molar-refractivity contribution in [3.05, 3.63) is 105 Å². The molecule has 4 aromatic rings. The first-order valence-electron chi connectivity index (χ1n) is 11.6. The molecule has 8 heteroatoms. The van der Waals surface area contributed by atoms with Crippen LogP contribution in [0.2, 0.25) is 0 Å². The van der Waals surface area contributed by atoms with Crippen LogP contribution >= 0.6 is 0 Å². The molecular weight excluding hydrogens is 478 g/mol. The van der Waals surface area contributed by atoms with Crippen LogP contribution in [0.4, 0.5) is 0 Å². The zero-order chi connectivity index (χ0) is 25.9. The largest absolute Gasteiger partial charge is 0.425 e. The van der Waals surface area contributed by atoms with Crippen LogP contribution in [0.3, 0.4) is 0 Å². The number of carbonyl (C=O) groups excluding carboxylic acids is 1. The summed E-state index contributed by atoms with van der Waals surface area (Å²) < 4.78 is 39.8. The van der Waals surface area contributed by atoms with Gasteiger partial charge in [0, 0.05) is 17.0 Å². The van der Waals surface area contributed by atoms with Gasteiger partial charge < -0.3 is 9.15 Å². The second kappa shape index (κ2) is 10.5. The Hall–Kier alpha value is -3.75. The van der Waals surface area contributed by atoms with E-state index in [4.69, 9.17) is 9.15 Å². The Labute approximate surface area is 209 Å². The predicted molar refractivity (Wildman–Crippen MR) is 138 cm³/mol. The van der Waals surface area contributed by atoms with Gasteiger partial charge in [-0.3, -0.25) is 0 Å². The van der Waals surface area contributed by atoms with E-state index in [9.17, 15) is 18.0 Å². The zero-order valence-corrected chi connectivity index (χ0v) is 21.1. The lowest BCUT2D eigenvalue weighted by Gasteiger charge is -2.19. The van der Waals surface area contributed by atoms with Crippen LogP contribution in [-0.4, -0.2) is 14.4 Å². The molecule has 0 amide bonds. The molecule has 3 aromatic carbocycles. The number of aryl methyl sites for hydroxylation is 3. The fraction of sp³-hybridized carbons (Fsp3) is 0.214. The molecule has 1 aromatic heterocycles. The van der Waals surface area contributed by atoms with Crippen molar-refractivity contribution in [2.24, 2.45) is 0 Å². The summed E-state index contributed by atoms with van der Waals surface area (Å²) in [4.78, 5) is 25.5. The van der Waals surface area contributed by atoms with E-state index >= 15 is 0 Å². The van der Waals surface area contributed by atoms with Crippen LogP contribution in [0.1, 0.15) is 41.6 Å². The summed E-state index contributed by atoms with van der Waals surface area (Å²) in [5.74, 6) is -0.633. The van der Waals surface area contributed by atoms with Crippen LogP contribution in [0.5, 0.6) is 5.75 Å². The van der Waals surface area contributed by atoms with Crippen molar-refractivity contribution in [2.45, 2.75) is 44.6 Å². The summed E-state index contributed by atoms with van der Waals surface area (Å²) in [5.41, 5.74) is 2.53. The minimum atomic E-state index is -4.03. The van der Waals surface area contributed by atoms with Gasteiger partial charge in [0.1, 0.15) is 17.4 Å². The first kappa shape index (κ1) is 25.3. The molecule has 0 saturated heterocycles. The highest BCUT2D eigenvalue weighted by molar-refractivity contribution is 7.89. The van der Waals surface area contributed by atoms with Gasteiger partial charge in [0.2, 0.25) is 10.0 Å². The van der Waals surface area contributed by atoms with Crippen molar-refractivity contribution in [1.82, 2.24) is 4.72 Å². The fourth-order valence-electron chi connectivity index (χ4n) is 4.00. The van der Waals surface area contributed by atoms with Crippen LogP contribution in [0.15, 0.2) is 86.9 Å². The maximum atomic E-state index is 13.4. The van der Waals surface area contributed by atoms with E-state index in [1.165, 1.54) is 18.2 Å². The van der Waals surface area contributed by atoms with Crippen molar-refractivity contribution in [2.75, 3.05) is 0 Å². The zero-order valence-electron chi connectivity index (χ0n) is 20.3. The van der Waals surface area contributed by atoms with Crippen molar-refractivity contribution in [1.29, 1.82) is 0 Å². The highest BCUT2D eigenvalue weighted by Gasteiger charge is 2.29. The molecule has 1 heterocycles. The molecule has 36 heavy (non-hydrogen) atoms. The molecule has 1 atom stereocenters. The number of ether oxygens (including phenoxy) is 1. The summed E-state index contributed by atoms with van der Waals surface area (Å²) in [7, 11) is -4.03. The lowest BCUT2D eigenvalue weighted by atomic mass is 10.0. The first-order valence-corrected chi connectivity index (χ1v) is 13.1. The molecule has 0 bridgehead atoms. The van der Waals surface area contributed by atoms with Crippen LogP contribution in [0, 0.1) is 13.8 Å². The van der Waals surface area contributed by atoms with Crippen molar-refractivity contribution in [3.63, 3.8) is 0 Å². The number of benzene rings is 3. The highest BCUT2D eigenvalue weighted by Crippen LogP contribution is 2.30. The average molecular weight is 506 g/mol. The van der Waals surface area contributed by atoms with Crippen LogP contribution in [-0.2, 0) is 21.2 Å². The topological polar surface area (TPSA) is 103 Å². The lowest BCUT2D eigenvalue weighted by molar-refractivity contribution is -0.136. The molecular formula is C28H27NO6S. The molecule has 0 aliphatic carbocycles. The maximum absolute atomic E-state index is 13.4. The third kappa shape index (κ3) is 5.40. The van der Waals surface area contributed by atoms with Crippen molar-refractivity contribution in [3.8, 4) is 5.75 Å². The van der Waals surface area contributed by atoms with Crippen molar-refractivity contribution < 1.29 is 22.4 Å². The van der Waals surface area contributed by atoms with Gasteiger partial charge in [-0.25, -0.2) is 18.0 Å². The highest BCUT2D eigenvalue weighted by atomic mass is 32.2. The Morgan fingerprint density at radius 2 is 1.69 bits per heavy atom. The Bertz CT molecular complexity index is 1560. The van der Waals surface area contributed by atoms with Gasteiger partial charge in [-0.05, 0) is 55.7 Å². The number of nitrogens with one attached hydrogen (secondary N) is 1. The molecule has 0 spiro atoms. The molecule has 0 unspecified atom stereocenters. The van der Waals surface area contributed by atoms with Gasteiger partial charge in [0.05, 0.1) is 4.90 Å². The molecule has 0 saturated carbocycles. The second-order valence-electron chi connectivity index (χ2n) is 8.61. The summed E-state index contributed by atoms with van der Waals surface area (Å²) in [6.07, 6.45) is 1.56. The standard InChI is InChI=1S/C28H27NO6S/c1-4-8-21-17-25(30)35-27-19(3)24(16-15-23(21)27)34-28(31)26(20-9-6-5-7-10-20)29-36(32,33)22-13-11-18(2)12-14-22/h5-7,9-17,26,29H,4,8H2,1-3H3/t26-/m0/s1. The Morgan fingerprint density at radius 3 is 2.36 bits per heavy atom. The number of fused-ring (bicyclic) bond motifs is 1. The Balaban J connectivity index is 1.70. The van der Waals surface area contributed by atoms with E-state index in [0.29, 0.717) is 23.1 Å². The normalized spacial score (nSPS) is 12.4. The number of esters is 1. The maximum Gasteiger partial charge on any atom is 0.336 e. The number of rotatable bonds is 8. The number of carbonyl (C=O) groups is 1. The monoisotopic (exact) mass is 505 g/mol. The Morgan fingerprint density at radius 1 is 1.00 bits per heavy atom. The molecule has 0 aliphatic heterocycles. The molecule has 186 valence electrons. The molecule has 1 N–H and O–H groups in total. The minimum Gasteiger partial charge on any atom is -0.425 e. The van der Waals surface area contributed by atoms with E-state index in [1.54, 1.807) is 61.5 Å². The van der Waals surface area contributed by atoms with Crippen LogP contribution < -0.4 is 15.1 Å². The molecule has 0 aliphatic rings. The van der Waals surface area contributed by atoms with Crippen molar-refractivity contribution >= 4 is 27.0 Å². The lowest BCUT2D eigenvalue weighted by Crippen LogP contribution is -2.36. The molecule has 7 nitrogen and oxygen atoms in total. The summed E-state index contributed by atoms with van der Waals surface area (Å²) >= 11 is 0. The Kier molecular flexibility index (Phi) is 7.37. The third-order valence-corrected chi connectivity index (χ3v) is 7.34. The number of sulfonamides is 1. The van der Waals surface area contributed by atoms with Gasteiger partial charge >= 0.3 is 11.6 Å². The third-order valence-electron chi connectivity index (χ3n) is 5.90. The smallest absolute Gasteiger partial charge is 0.336 e. The van der Waals surface area contributed by atoms with Gasteiger partial charge in [-0.15, -0.1) is 0 Å². The number of hydrogen-bond acceptors (Lipinski definition) is 6. The van der Waals surface area contributed by atoms with Gasteiger partial charge in [0.15, 0.2) is 0 Å². The summed E-state index contributed by atoms with van der Waals surface area (Å²) in [5, 5.41) is 0.772. The second-order valence-corrected chi connectivity index (χ2v) is 10.3. The summed E-state index contributed by atoms with van der Waals surface area (Å²) in [6, 6.07) is 18.4. The van der Waals surface area contributed by atoms with E-state index in [1.807, 2.05) is 13.8 Å². The molecule has 4 rings (SSSR count). The minimum absolute atomic E-state index is 0.0361. The van der Waals surface area contributed by atoms with E-state index < -0.39 is 27.7 Å². The van der Waals surface area contributed by atoms with Gasteiger partial charge in [0.25, 0.3) is 0 Å². The van der Waals surface area contributed by atoms with E-state index in [2.05, 4.69) is 4.72 Å². The summed E-state index contributed by atoms with van der Waals surface area (Å²) in [6.45, 7) is 5.57. The molecule has 0 fully saturated rings. The SMILES string of the molecule is CCCc1cc(=O)oc2c(C)c(OC(=O)[C@@H](NS(=O)(=O)c3ccc(C)cc3)c3ccccc3)ccc12. The van der Waals surface area contributed by atoms with Gasteiger partial charge in [-0.1, -0.05) is 61.4 Å². The van der Waals surface area contributed by atoms with E-state index in [-0.39, 0.29) is 10.6 Å². The average Bonchev–Trinajstić information content (AvgIpc) is 2.85. The fourth-order valence-corrected chi connectivity index (χ4v) is 5.17. The number of hydrogen-bond donors (Lipinski definition) is 1. The van der Waals surface area contributed by atoms with E-state index in [0.717, 1.165) is 22.9 Å². The predicted octanol–water partition coefficient (Wildman–Crippen LogP) is 4.99. The first-order chi connectivity index (χ1) is 17.2. The van der Waals surface area contributed by atoms with Crippen LogP contribution in [0.25, 0.3) is 11.0 Å².